The van der Waals surface area contributed by atoms with Crippen LogP contribution in [0.3, 0.4) is 0 Å². The van der Waals surface area contributed by atoms with Gasteiger partial charge in [-0.25, -0.2) is 0 Å². The van der Waals surface area contributed by atoms with Gasteiger partial charge in [0.15, 0.2) is 0 Å². The van der Waals surface area contributed by atoms with Crippen molar-refractivity contribution in [1.29, 1.82) is 5.26 Å². The van der Waals surface area contributed by atoms with Crippen molar-refractivity contribution in [1.82, 2.24) is 10.3 Å². The maximum atomic E-state index is 8.95. The quantitative estimate of drug-likeness (QED) is 0.701. The minimum Gasteiger partial charge on any atom is -0.396 e. The van der Waals surface area contributed by atoms with E-state index in [1.54, 1.807) is 6.20 Å². The summed E-state index contributed by atoms with van der Waals surface area (Å²) in [5.41, 5.74) is 1.80. The third kappa shape index (κ3) is 3.66. The molecule has 1 unspecified atom stereocenters. The lowest BCUT2D eigenvalue weighted by Gasteiger charge is -2.10. The lowest BCUT2D eigenvalue weighted by Crippen LogP contribution is -2.21. The van der Waals surface area contributed by atoms with Crippen LogP contribution in [0.15, 0.2) is 18.3 Å². The monoisotopic (exact) mass is 205 g/mol. The number of aliphatic hydroxyl groups is 1. The van der Waals surface area contributed by atoms with Crippen LogP contribution in [-0.2, 0) is 0 Å². The first-order valence-corrected chi connectivity index (χ1v) is 4.94. The summed E-state index contributed by atoms with van der Waals surface area (Å²) in [6, 6.07) is 5.59. The van der Waals surface area contributed by atoms with Crippen LogP contribution in [0.1, 0.15) is 23.7 Å². The first kappa shape index (κ1) is 11.6. The molecule has 1 atom stereocenters. The lowest BCUT2D eigenvalue weighted by atomic mass is 10.1. The second-order valence-electron chi connectivity index (χ2n) is 3.33. The van der Waals surface area contributed by atoms with Crippen molar-refractivity contribution in [2.24, 2.45) is 0 Å². The second kappa shape index (κ2) is 6.12. The van der Waals surface area contributed by atoms with Gasteiger partial charge in [-0.1, -0.05) is 6.07 Å². The molecule has 1 aromatic heterocycles. The van der Waals surface area contributed by atoms with E-state index in [1.807, 2.05) is 19.1 Å². The Morgan fingerprint density at radius 2 is 2.40 bits per heavy atom. The molecule has 0 aliphatic rings. The Labute approximate surface area is 89.6 Å². The fourth-order valence-electron chi connectivity index (χ4n) is 1.21. The molecule has 0 saturated carbocycles. The predicted octanol–water partition coefficient (Wildman–Crippen LogP) is 0.927. The predicted molar refractivity (Wildman–Crippen MR) is 57.0 cm³/mol. The summed E-state index contributed by atoms with van der Waals surface area (Å²) in [4.78, 5) is 4.14. The van der Waals surface area contributed by atoms with Gasteiger partial charge in [-0.15, -0.1) is 0 Å². The van der Waals surface area contributed by atoms with E-state index in [0.29, 0.717) is 13.0 Å². The maximum Gasteiger partial charge on any atom is 0.122 e. The number of aliphatic hydroxyl groups excluding tert-OH is 1. The Morgan fingerprint density at radius 1 is 1.60 bits per heavy atom. The zero-order valence-corrected chi connectivity index (χ0v) is 8.77. The average Bonchev–Trinajstić information content (AvgIpc) is 2.26. The molecule has 15 heavy (non-hydrogen) atoms. The van der Waals surface area contributed by atoms with Crippen LogP contribution >= 0.6 is 0 Å². The first-order valence-electron chi connectivity index (χ1n) is 4.94. The van der Waals surface area contributed by atoms with Crippen LogP contribution in [0, 0.1) is 18.3 Å². The molecular weight excluding hydrogens is 190 g/mol. The molecule has 0 aliphatic heterocycles. The zero-order chi connectivity index (χ0) is 11.1. The number of pyridine rings is 1. The van der Waals surface area contributed by atoms with Gasteiger partial charge in [0.25, 0.3) is 0 Å². The van der Waals surface area contributed by atoms with Crippen molar-refractivity contribution in [3.63, 3.8) is 0 Å². The summed E-state index contributed by atoms with van der Waals surface area (Å²) >= 11 is 0. The molecule has 0 radical (unpaired) electrons. The number of hydrogen-bond donors (Lipinski definition) is 2. The minimum absolute atomic E-state index is 0.136. The summed E-state index contributed by atoms with van der Waals surface area (Å²) in [7, 11) is 0. The Bertz CT molecular complexity index is 329. The van der Waals surface area contributed by atoms with Crippen LogP contribution in [-0.4, -0.2) is 23.2 Å². The van der Waals surface area contributed by atoms with Crippen LogP contribution < -0.4 is 5.32 Å². The molecule has 0 amide bonds. The Hall–Kier alpha value is -1.44. The Kier molecular flexibility index (Phi) is 4.75. The SMILES string of the molecule is Cc1ccc(C(C#N)NCCCO)cn1. The molecule has 0 saturated heterocycles. The van der Waals surface area contributed by atoms with E-state index in [4.69, 9.17) is 10.4 Å². The standard InChI is InChI=1S/C11H15N3O/c1-9-3-4-10(8-14-9)11(7-12)13-5-2-6-15/h3-4,8,11,13,15H,2,5-6H2,1H3. The molecule has 2 N–H and O–H groups in total. The molecule has 1 rings (SSSR count). The van der Waals surface area contributed by atoms with Gasteiger partial charge in [0.05, 0.1) is 6.07 Å². The van der Waals surface area contributed by atoms with Crippen LogP contribution in [0.5, 0.6) is 0 Å². The van der Waals surface area contributed by atoms with E-state index in [1.165, 1.54) is 0 Å². The van der Waals surface area contributed by atoms with Gasteiger partial charge in [-0.05, 0) is 26.0 Å². The van der Waals surface area contributed by atoms with Gasteiger partial charge < -0.3 is 5.11 Å². The average molecular weight is 205 g/mol. The summed E-state index contributed by atoms with van der Waals surface area (Å²) in [5.74, 6) is 0. The number of hydrogen-bond acceptors (Lipinski definition) is 4. The molecule has 0 fully saturated rings. The Morgan fingerprint density at radius 3 is 2.93 bits per heavy atom. The highest BCUT2D eigenvalue weighted by atomic mass is 16.3. The van der Waals surface area contributed by atoms with Gasteiger partial charge in [-0.3, -0.25) is 10.3 Å². The van der Waals surface area contributed by atoms with Crippen LogP contribution in [0.4, 0.5) is 0 Å². The van der Waals surface area contributed by atoms with Crippen molar-refractivity contribution >= 4 is 0 Å². The highest BCUT2D eigenvalue weighted by Gasteiger charge is 2.08. The van der Waals surface area contributed by atoms with Gasteiger partial charge in [0.2, 0.25) is 0 Å². The van der Waals surface area contributed by atoms with Crippen molar-refractivity contribution in [3.05, 3.63) is 29.6 Å². The Balaban J connectivity index is 2.59. The normalized spacial score (nSPS) is 12.1. The highest BCUT2D eigenvalue weighted by Crippen LogP contribution is 2.10. The zero-order valence-electron chi connectivity index (χ0n) is 8.77. The van der Waals surface area contributed by atoms with E-state index in [0.717, 1.165) is 11.3 Å². The largest absolute Gasteiger partial charge is 0.396 e. The molecule has 0 spiro atoms. The molecule has 1 aromatic rings. The number of rotatable bonds is 5. The molecule has 0 aromatic carbocycles. The number of aryl methyl sites for hydroxylation is 1. The van der Waals surface area contributed by atoms with E-state index in [2.05, 4.69) is 16.4 Å². The molecule has 0 aliphatic carbocycles. The number of nitriles is 1. The van der Waals surface area contributed by atoms with Gasteiger partial charge >= 0.3 is 0 Å². The van der Waals surface area contributed by atoms with Crippen molar-refractivity contribution < 1.29 is 5.11 Å². The van der Waals surface area contributed by atoms with E-state index in [-0.39, 0.29) is 12.6 Å². The molecule has 0 bridgehead atoms. The van der Waals surface area contributed by atoms with Crippen molar-refractivity contribution in [3.8, 4) is 6.07 Å². The fourth-order valence-corrected chi connectivity index (χ4v) is 1.21. The molecule has 4 nitrogen and oxygen atoms in total. The molecular formula is C11H15N3O. The minimum atomic E-state index is -0.343. The van der Waals surface area contributed by atoms with Crippen molar-refractivity contribution in [2.75, 3.05) is 13.2 Å². The third-order valence-corrected chi connectivity index (χ3v) is 2.08. The van der Waals surface area contributed by atoms with Gasteiger partial charge in [0.1, 0.15) is 6.04 Å². The molecule has 4 heteroatoms. The number of nitrogens with one attached hydrogen (secondary N) is 1. The molecule has 80 valence electrons. The maximum absolute atomic E-state index is 8.95. The lowest BCUT2D eigenvalue weighted by molar-refractivity contribution is 0.285. The first-order chi connectivity index (χ1) is 7.27. The van der Waals surface area contributed by atoms with Crippen LogP contribution in [0.25, 0.3) is 0 Å². The number of aromatic nitrogens is 1. The smallest absolute Gasteiger partial charge is 0.122 e. The molecule has 1 heterocycles. The van der Waals surface area contributed by atoms with E-state index < -0.39 is 0 Å². The fraction of sp³-hybridized carbons (Fsp3) is 0.455. The summed E-state index contributed by atoms with van der Waals surface area (Å²) < 4.78 is 0. The third-order valence-electron chi connectivity index (χ3n) is 2.08. The highest BCUT2D eigenvalue weighted by molar-refractivity contribution is 5.22. The van der Waals surface area contributed by atoms with Gasteiger partial charge in [0, 0.05) is 24.1 Å². The van der Waals surface area contributed by atoms with Gasteiger partial charge in [-0.2, -0.15) is 5.26 Å². The summed E-state index contributed by atoms with van der Waals surface area (Å²) in [5, 5.41) is 20.6. The van der Waals surface area contributed by atoms with Crippen molar-refractivity contribution in [2.45, 2.75) is 19.4 Å². The topological polar surface area (TPSA) is 68.9 Å². The van der Waals surface area contributed by atoms with E-state index >= 15 is 0 Å². The summed E-state index contributed by atoms with van der Waals surface area (Å²) in [6.07, 6.45) is 2.35. The second-order valence-corrected chi connectivity index (χ2v) is 3.33. The number of nitrogens with zero attached hydrogens (tertiary/aromatic N) is 2. The summed E-state index contributed by atoms with van der Waals surface area (Å²) in [6.45, 7) is 2.67. The van der Waals surface area contributed by atoms with Crippen LogP contribution in [0.2, 0.25) is 0 Å². The van der Waals surface area contributed by atoms with E-state index in [9.17, 15) is 0 Å².